The van der Waals surface area contributed by atoms with E-state index in [1.807, 2.05) is 0 Å². The third-order valence-electron chi connectivity index (χ3n) is 0.695. The molecular formula is C10H22O3. The number of hydrogen-bond donors (Lipinski definition) is 1. The molecule has 0 aromatic rings. The van der Waals surface area contributed by atoms with Crippen LogP contribution in [0.1, 0.15) is 48.5 Å². The molecule has 0 amide bonds. The van der Waals surface area contributed by atoms with Gasteiger partial charge in [0.2, 0.25) is 0 Å². The monoisotopic (exact) mass is 190 g/mol. The third-order valence-corrected chi connectivity index (χ3v) is 0.695. The summed E-state index contributed by atoms with van der Waals surface area (Å²) in [5, 5.41) is 7.82. The lowest BCUT2D eigenvalue weighted by Crippen LogP contribution is -2.21. The molecule has 0 aliphatic heterocycles. The van der Waals surface area contributed by atoms with Crippen molar-refractivity contribution in [3.8, 4) is 0 Å². The van der Waals surface area contributed by atoms with Gasteiger partial charge < -0.3 is 4.89 Å². The van der Waals surface area contributed by atoms with Crippen LogP contribution in [0.25, 0.3) is 0 Å². The summed E-state index contributed by atoms with van der Waals surface area (Å²) >= 11 is 0. The average Bonchev–Trinajstić information content (AvgIpc) is 1.80. The van der Waals surface area contributed by atoms with Gasteiger partial charge >= 0.3 is 5.97 Å². The van der Waals surface area contributed by atoms with Gasteiger partial charge in [-0.15, -0.1) is 0 Å². The van der Waals surface area contributed by atoms with Crippen LogP contribution >= 0.6 is 0 Å². The van der Waals surface area contributed by atoms with E-state index in [0.29, 0.717) is 5.41 Å². The van der Waals surface area contributed by atoms with Crippen molar-refractivity contribution in [1.82, 2.24) is 0 Å². The van der Waals surface area contributed by atoms with Gasteiger partial charge in [0.05, 0.1) is 5.41 Å². The Bertz CT molecular complexity index is 143. The fraction of sp³-hybridized carbons (Fsp3) is 0.900. The molecule has 1 N–H and O–H groups in total. The van der Waals surface area contributed by atoms with E-state index in [9.17, 15) is 4.79 Å². The molecule has 13 heavy (non-hydrogen) atoms. The maximum atomic E-state index is 10.4. The van der Waals surface area contributed by atoms with Crippen LogP contribution in [0, 0.1) is 10.8 Å². The Kier molecular flexibility index (Phi) is 6.00. The zero-order chi connectivity index (χ0) is 11.3. The second-order valence-corrected chi connectivity index (χ2v) is 5.63. The van der Waals surface area contributed by atoms with Crippen molar-refractivity contribution in [3.63, 3.8) is 0 Å². The molecule has 0 unspecified atom stereocenters. The van der Waals surface area contributed by atoms with Crippen LogP contribution in [0.5, 0.6) is 0 Å². The lowest BCUT2D eigenvalue weighted by atomic mass is 9.98. The van der Waals surface area contributed by atoms with Crippen LogP contribution in [0.2, 0.25) is 0 Å². The van der Waals surface area contributed by atoms with Gasteiger partial charge in [-0.25, -0.2) is 4.79 Å². The minimum Gasteiger partial charge on any atom is -0.300 e. The summed E-state index contributed by atoms with van der Waals surface area (Å²) in [7, 11) is 0. The molecule has 0 aliphatic carbocycles. The highest BCUT2D eigenvalue weighted by atomic mass is 17.1. The summed E-state index contributed by atoms with van der Waals surface area (Å²) < 4.78 is 0. The molecule has 0 fully saturated rings. The van der Waals surface area contributed by atoms with Crippen LogP contribution in [0.4, 0.5) is 0 Å². The fourth-order valence-corrected chi connectivity index (χ4v) is 0.137. The smallest absolute Gasteiger partial charge is 0.300 e. The van der Waals surface area contributed by atoms with Gasteiger partial charge in [-0.3, -0.25) is 0 Å². The first kappa shape index (κ1) is 14.9. The van der Waals surface area contributed by atoms with E-state index in [2.05, 4.69) is 32.6 Å². The van der Waals surface area contributed by atoms with Crippen LogP contribution in [0.3, 0.4) is 0 Å². The largest absolute Gasteiger partial charge is 0.347 e. The number of carbonyl (C=O) groups is 1. The van der Waals surface area contributed by atoms with Crippen LogP contribution in [0.15, 0.2) is 0 Å². The molecular weight excluding hydrogens is 168 g/mol. The minimum atomic E-state index is -0.613. The zero-order valence-electron chi connectivity index (χ0n) is 9.76. The van der Waals surface area contributed by atoms with E-state index >= 15 is 0 Å². The lowest BCUT2D eigenvalue weighted by molar-refractivity contribution is -0.243. The van der Waals surface area contributed by atoms with Crippen molar-refractivity contribution in [2.45, 2.75) is 48.5 Å². The van der Waals surface area contributed by atoms with Crippen molar-refractivity contribution in [2.24, 2.45) is 10.8 Å². The van der Waals surface area contributed by atoms with Crippen LogP contribution in [-0.2, 0) is 9.68 Å². The molecule has 0 aliphatic rings. The van der Waals surface area contributed by atoms with Gasteiger partial charge in [0, 0.05) is 0 Å². The van der Waals surface area contributed by atoms with E-state index in [-0.39, 0.29) is 0 Å². The van der Waals surface area contributed by atoms with E-state index in [0.717, 1.165) is 0 Å². The average molecular weight is 190 g/mol. The molecule has 80 valence electrons. The minimum absolute atomic E-state index is 0.500. The molecule has 0 rings (SSSR count). The Hall–Kier alpha value is -0.570. The molecule has 0 saturated carbocycles. The Morgan fingerprint density at radius 1 is 1.00 bits per heavy atom. The standard InChI is InChI=1S/C5H10O3.C5H12/c1-5(2,3)4(6)8-7;1-5(2,3)4/h7H,1-3H3;1-4H3. The summed E-state index contributed by atoms with van der Waals surface area (Å²) in [6, 6.07) is 0. The predicted octanol–water partition coefficient (Wildman–Crippen LogP) is 3.10. The topological polar surface area (TPSA) is 46.5 Å². The normalized spacial score (nSPS) is 11.4. The second kappa shape index (κ2) is 5.22. The SMILES string of the molecule is CC(C)(C)C.CC(C)(C)C(=O)OO. The molecule has 0 radical (unpaired) electrons. The maximum absolute atomic E-state index is 10.4. The number of carbonyl (C=O) groups excluding carboxylic acids is 1. The Balaban J connectivity index is 0. The molecule has 0 saturated heterocycles. The summed E-state index contributed by atoms with van der Waals surface area (Å²) in [5.74, 6) is -0.613. The highest BCUT2D eigenvalue weighted by molar-refractivity contribution is 5.74. The molecule has 0 atom stereocenters. The molecule has 0 bridgehead atoms. The first-order valence-corrected chi connectivity index (χ1v) is 4.34. The van der Waals surface area contributed by atoms with Crippen molar-refractivity contribution < 1.29 is 14.9 Å². The highest BCUT2D eigenvalue weighted by Crippen LogP contribution is 2.13. The second-order valence-electron chi connectivity index (χ2n) is 5.63. The summed E-state index contributed by atoms with van der Waals surface area (Å²) in [6.45, 7) is 13.7. The Labute approximate surface area is 81.0 Å². The third kappa shape index (κ3) is 18.4. The van der Waals surface area contributed by atoms with Gasteiger partial charge in [-0.1, -0.05) is 27.7 Å². The highest BCUT2D eigenvalue weighted by Gasteiger charge is 2.22. The number of rotatable bonds is 0. The van der Waals surface area contributed by atoms with Gasteiger partial charge in [-0.05, 0) is 26.2 Å². The quantitative estimate of drug-likeness (QED) is 0.471. The van der Waals surface area contributed by atoms with Crippen LogP contribution in [-0.4, -0.2) is 11.2 Å². The first-order valence-electron chi connectivity index (χ1n) is 4.34. The van der Waals surface area contributed by atoms with Crippen molar-refractivity contribution in [2.75, 3.05) is 0 Å². The van der Waals surface area contributed by atoms with E-state index < -0.39 is 11.4 Å². The molecule has 0 aromatic carbocycles. The van der Waals surface area contributed by atoms with E-state index in [1.54, 1.807) is 20.8 Å². The van der Waals surface area contributed by atoms with Gasteiger partial charge in [-0.2, -0.15) is 5.26 Å². The van der Waals surface area contributed by atoms with Crippen molar-refractivity contribution in [1.29, 1.82) is 0 Å². The number of hydrogen-bond acceptors (Lipinski definition) is 3. The predicted molar refractivity (Wildman–Crippen MR) is 53.3 cm³/mol. The van der Waals surface area contributed by atoms with Crippen LogP contribution < -0.4 is 0 Å². The van der Waals surface area contributed by atoms with Gasteiger partial charge in [0.15, 0.2) is 0 Å². The van der Waals surface area contributed by atoms with Gasteiger partial charge in [0.1, 0.15) is 0 Å². The summed E-state index contributed by atoms with van der Waals surface area (Å²) in [5.41, 5.74) is -0.102. The van der Waals surface area contributed by atoms with Crippen molar-refractivity contribution in [3.05, 3.63) is 0 Å². The van der Waals surface area contributed by atoms with Gasteiger partial charge in [0.25, 0.3) is 0 Å². The molecule has 0 heterocycles. The molecule has 3 nitrogen and oxygen atoms in total. The Morgan fingerprint density at radius 3 is 1.23 bits per heavy atom. The molecule has 0 spiro atoms. The van der Waals surface area contributed by atoms with E-state index in [4.69, 9.17) is 5.26 Å². The fourth-order valence-electron chi connectivity index (χ4n) is 0.137. The lowest BCUT2D eigenvalue weighted by Gasteiger charge is -2.11. The summed E-state index contributed by atoms with van der Waals surface area (Å²) in [4.78, 5) is 13.8. The Morgan fingerprint density at radius 2 is 1.23 bits per heavy atom. The molecule has 3 heteroatoms. The van der Waals surface area contributed by atoms with E-state index in [1.165, 1.54) is 0 Å². The maximum Gasteiger partial charge on any atom is 0.347 e. The first-order chi connectivity index (χ1) is 5.48. The van der Waals surface area contributed by atoms with Crippen molar-refractivity contribution >= 4 is 5.97 Å². The zero-order valence-corrected chi connectivity index (χ0v) is 9.76. The summed E-state index contributed by atoms with van der Waals surface area (Å²) in [6.07, 6.45) is 0. The molecule has 0 aromatic heterocycles.